The Hall–Kier alpha value is -3.00. The van der Waals surface area contributed by atoms with E-state index in [1.165, 1.54) is 36.5 Å². The second-order valence-corrected chi connectivity index (χ2v) is 11.0. The van der Waals surface area contributed by atoms with E-state index in [-0.39, 0.29) is 5.91 Å². The molecule has 2 aromatic carbocycles. The van der Waals surface area contributed by atoms with Crippen LogP contribution < -0.4 is 14.7 Å². The number of nitrogens with zero attached hydrogens (tertiary/aromatic N) is 6. The number of aromatic nitrogens is 2. The molecule has 0 aliphatic carbocycles. The number of carbonyl (C=O) groups is 1. The van der Waals surface area contributed by atoms with Gasteiger partial charge in [-0.25, -0.2) is 0 Å². The van der Waals surface area contributed by atoms with Crippen molar-refractivity contribution in [2.75, 3.05) is 72.8 Å². The molecule has 0 unspecified atom stereocenters. The minimum Gasteiger partial charge on any atom is -0.356 e. The van der Waals surface area contributed by atoms with Crippen LogP contribution in [0.4, 0.5) is 17.6 Å². The predicted octanol–water partition coefficient (Wildman–Crippen LogP) is 4.27. The van der Waals surface area contributed by atoms with E-state index in [2.05, 4.69) is 63.2 Å². The van der Waals surface area contributed by atoms with Crippen LogP contribution in [-0.4, -0.2) is 78.9 Å². The van der Waals surface area contributed by atoms with Crippen molar-refractivity contribution >= 4 is 46.0 Å². The zero-order chi connectivity index (χ0) is 24.3. The molecule has 0 bridgehead atoms. The Morgan fingerprint density at radius 3 is 2.00 bits per heavy atom. The van der Waals surface area contributed by atoms with Gasteiger partial charge in [0.1, 0.15) is 11.6 Å². The number of hydrogen-bond donors (Lipinski definition) is 0. The van der Waals surface area contributed by atoms with E-state index in [1.54, 1.807) is 11.8 Å². The molecule has 1 amide bonds. The summed E-state index contributed by atoms with van der Waals surface area (Å²) in [6, 6.07) is 16.9. The molecule has 0 atom stereocenters. The summed E-state index contributed by atoms with van der Waals surface area (Å²) in [7, 11) is 0. The van der Waals surface area contributed by atoms with Gasteiger partial charge >= 0.3 is 0 Å². The van der Waals surface area contributed by atoms with Crippen LogP contribution in [-0.2, 0) is 4.79 Å². The van der Waals surface area contributed by atoms with Crippen molar-refractivity contribution in [2.45, 2.75) is 30.6 Å². The van der Waals surface area contributed by atoms with Gasteiger partial charge in [0, 0.05) is 63.3 Å². The molecule has 6 rings (SSSR count). The second-order valence-electron chi connectivity index (χ2n) is 9.94. The van der Waals surface area contributed by atoms with Gasteiger partial charge in [0.25, 0.3) is 0 Å². The summed E-state index contributed by atoms with van der Waals surface area (Å²) in [4.78, 5) is 33.1. The maximum Gasteiger partial charge on any atom is 0.233 e. The average molecular weight is 503 g/mol. The summed E-state index contributed by atoms with van der Waals surface area (Å²) >= 11 is 1.63. The molecule has 36 heavy (non-hydrogen) atoms. The van der Waals surface area contributed by atoms with Crippen molar-refractivity contribution < 1.29 is 4.79 Å². The lowest BCUT2D eigenvalue weighted by Crippen LogP contribution is -2.49. The highest BCUT2D eigenvalue weighted by molar-refractivity contribution is 8.00. The number of anilines is 3. The van der Waals surface area contributed by atoms with Crippen molar-refractivity contribution in [3.63, 3.8) is 0 Å². The van der Waals surface area contributed by atoms with Crippen molar-refractivity contribution in [2.24, 2.45) is 0 Å². The molecule has 3 saturated heterocycles. The number of amides is 1. The van der Waals surface area contributed by atoms with Crippen LogP contribution in [0.15, 0.2) is 53.4 Å². The van der Waals surface area contributed by atoms with E-state index in [1.807, 2.05) is 4.90 Å². The third-order valence-corrected chi connectivity index (χ3v) is 8.52. The summed E-state index contributed by atoms with van der Waals surface area (Å²) in [5.74, 6) is 3.63. The van der Waals surface area contributed by atoms with Crippen LogP contribution in [0, 0.1) is 0 Å². The lowest BCUT2D eigenvalue weighted by molar-refractivity contribution is -0.128. The summed E-state index contributed by atoms with van der Waals surface area (Å²) in [5.41, 5.74) is 0. The smallest absolute Gasteiger partial charge is 0.233 e. The van der Waals surface area contributed by atoms with Crippen molar-refractivity contribution in [1.82, 2.24) is 14.9 Å². The van der Waals surface area contributed by atoms with E-state index in [9.17, 15) is 4.79 Å². The van der Waals surface area contributed by atoms with E-state index >= 15 is 0 Å². The first-order valence-electron chi connectivity index (χ1n) is 13.3. The minimum atomic E-state index is 0.214. The molecule has 3 aliphatic heterocycles. The third kappa shape index (κ3) is 5.09. The van der Waals surface area contributed by atoms with Gasteiger partial charge in [-0.2, -0.15) is 9.97 Å². The molecule has 0 radical (unpaired) electrons. The Morgan fingerprint density at radius 1 is 0.694 bits per heavy atom. The Balaban J connectivity index is 1.09. The Kier molecular flexibility index (Phi) is 6.86. The molecule has 3 fully saturated rings. The first-order chi connectivity index (χ1) is 17.7. The Labute approximate surface area is 217 Å². The highest BCUT2D eigenvalue weighted by Crippen LogP contribution is 2.28. The molecule has 3 aromatic rings. The number of benzene rings is 2. The minimum absolute atomic E-state index is 0.214. The summed E-state index contributed by atoms with van der Waals surface area (Å²) in [6.07, 6.45) is 4.89. The van der Waals surface area contributed by atoms with E-state index < -0.39 is 0 Å². The highest BCUT2D eigenvalue weighted by Gasteiger charge is 2.25. The first kappa shape index (κ1) is 23.4. The largest absolute Gasteiger partial charge is 0.356 e. The van der Waals surface area contributed by atoms with Gasteiger partial charge in [0.15, 0.2) is 0 Å². The van der Waals surface area contributed by atoms with Crippen molar-refractivity contribution in [3.8, 4) is 0 Å². The lowest BCUT2D eigenvalue weighted by Gasteiger charge is -2.36. The maximum atomic E-state index is 13.0. The van der Waals surface area contributed by atoms with Crippen LogP contribution in [0.5, 0.6) is 0 Å². The zero-order valence-electron chi connectivity index (χ0n) is 20.8. The number of piperazine rings is 1. The van der Waals surface area contributed by atoms with Gasteiger partial charge in [-0.05, 0) is 48.6 Å². The quantitative estimate of drug-likeness (QED) is 0.467. The molecular formula is C28H34N6OS. The molecule has 188 valence electrons. The lowest BCUT2D eigenvalue weighted by atomic mass is 10.1. The monoisotopic (exact) mass is 502 g/mol. The average Bonchev–Trinajstić information content (AvgIpc) is 3.67. The summed E-state index contributed by atoms with van der Waals surface area (Å²) < 4.78 is 0. The molecule has 8 heteroatoms. The van der Waals surface area contributed by atoms with Crippen LogP contribution in [0.3, 0.4) is 0 Å². The molecule has 1 aromatic heterocycles. The second kappa shape index (κ2) is 10.5. The standard InChI is InChI=1S/C28H34N6OS/c35-27(21-36-24-10-9-22-7-1-2-8-23(22)19-24)33-17-15-32(16-18-33)26-20-25(31-11-3-4-12-31)29-28(30-26)34-13-5-6-14-34/h1-2,7-10,19-20H,3-6,11-18,21H2. The van der Waals surface area contributed by atoms with Crippen molar-refractivity contribution in [1.29, 1.82) is 0 Å². The molecule has 4 heterocycles. The van der Waals surface area contributed by atoms with Crippen LogP contribution >= 0.6 is 11.8 Å². The van der Waals surface area contributed by atoms with E-state index in [4.69, 9.17) is 9.97 Å². The topological polar surface area (TPSA) is 55.8 Å². The summed E-state index contributed by atoms with van der Waals surface area (Å²) in [5, 5.41) is 2.45. The molecular weight excluding hydrogens is 468 g/mol. The van der Waals surface area contributed by atoms with Gasteiger partial charge in [-0.1, -0.05) is 30.3 Å². The fourth-order valence-electron chi connectivity index (χ4n) is 5.42. The van der Waals surface area contributed by atoms with Gasteiger partial charge in [0.2, 0.25) is 11.9 Å². The Morgan fingerprint density at radius 2 is 1.31 bits per heavy atom. The molecule has 0 spiro atoms. The SMILES string of the molecule is O=C(CSc1ccc2ccccc2c1)N1CCN(c2cc(N3CCCC3)nc(N3CCCC3)n2)CC1. The molecule has 3 aliphatic rings. The van der Waals surface area contributed by atoms with Gasteiger partial charge in [-0.15, -0.1) is 11.8 Å². The normalized spacial score (nSPS) is 18.4. The first-order valence-corrected chi connectivity index (χ1v) is 14.2. The number of rotatable bonds is 6. The summed E-state index contributed by atoms with van der Waals surface area (Å²) in [6.45, 7) is 7.32. The van der Waals surface area contributed by atoms with Crippen molar-refractivity contribution in [3.05, 3.63) is 48.5 Å². The molecule has 7 nitrogen and oxygen atoms in total. The molecule has 0 N–H and O–H groups in total. The number of fused-ring (bicyclic) bond motifs is 1. The molecule has 0 saturated carbocycles. The van der Waals surface area contributed by atoms with Crippen LogP contribution in [0.2, 0.25) is 0 Å². The number of carbonyl (C=O) groups excluding carboxylic acids is 1. The zero-order valence-corrected chi connectivity index (χ0v) is 21.6. The fraction of sp³-hybridized carbons (Fsp3) is 0.464. The van der Waals surface area contributed by atoms with E-state index in [0.717, 1.165) is 74.8 Å². The van der Waals surface area contributed by atoms with Gasteiger partial charge in [-0.3, -0.25) is 4.79 Å². The van der Waals surface area contributed by atoms with Crippen LogP contribution in [0.25, 0.3) is 10.8 Å². The van der Waals surface area contributed by atoms with Gasteiger partial charge in [0.05, 0.1) is 5.75 Å². The maximum absolute atomic E-state index is 13.0. The van der Waals surface area contributed by atoms with E-state index in [0.29, 0.717) is 5.75 Å². The number of thioether (sulfide) groups is 1. The van der Waals surface area contributed by atoms with Crippen LogP contribution in [0.1, 0.15) is 25.7 Å². The highest BCUT2D eigenvalue weighted by atomic mass is 32.2. The van der Waals surface area contributed by atoms with Gasteiger partial charge < -0.3 is 19.6 Å². The number of hydrogen-bond acceptors (Lipinski definition) is 7. The fourth-order valence-corrected chi connectivity index (χ4v) is 6.26. The third-order valence-electron chi connectivity index (χ3n) is 7.55. The Bertz CT molecular complexity index is 1180. The predicted molar refractivity (Wildman–Crippen MR) is 148 cm³/mol.